The van der Waals surface area contributed by atoms with Gasteiger partial charge >= 0.3 is 12.1 Å². The second-order valence-electron chi connectivity index (χ2n) is 7.60. The van der Waals surface area contributed by atoms with Crippen molar-refractivity contribution in [3.05, 3.63) is 52.9 Å². The molecule has 0 aliphatic rings. The molecule has 0 atom stereocenters. The Bertz CT molecular complexity index is 1240. The van der Waals surface area contributed by atoms with Gasteiger partial charge in [0.25, 0.3) is 0 Å². The van der Waals surface area contributed by atoms with Crippen LogP contribution in [0.2, 0.25) is 0 Å². The number of hydrogen-bond donors (Lipinski definition) is 1. The molecule has 2 rings (SSSR count). The Hall–Kier alpha value is -2.83. The largest absolute Gasteiger partial charge is 0.463 e. The van der Waals surface area contributed by atoms with Crippen molar-refractivity contribution in [1.82, 2.24) is 4.90 Å². The van der Waals surface area contributed by atoms with Crippen LogP contribution in [0, 0.1) is 0 Å². The van der Waals surface area contributed by atoms with E-state index in [1.165, 1.54) is 30.3 Å². The molecular weight excluding hydrogens is 523 g/mol. The highest BCUT2D eigenvalue weighted by atomic mass is 35.5. The molecule has 0 aliphatic heterocycles. The number of allylic oxidation sites excluding steroid dienone is 2. The van der Waals surface area contributed by atoms with Crippen LogP contribution in [-0.2, 0) is 19.4 Å². The summed E-state index contributed by atoms with van der Waals surface area (Å²) in [5, 5.41) is -0.954. The molecule has 8 nitrogen and oxygen atoms in total. The first kappa shape index (κ1) is 29.4. The number of hydrogen-bond acceptors (Lipinski definition) is 8. The van der Waals surface area contributed by atoms with Gasteiger partial charge in [-0.05, 0) is 37.4 Å². The van der Waals surface area contributed by atoms with Gasteiger partial charge in [-0.1, -0.05) is 37.6 Å². The van der Waals surface area contributed by atoms with Gasteiger partial charge in [-0.3, -0.25) is 9.79 Å². The highest BCUT2D eigenvalue weighted by Crippen LogP contribution is 2.30. The molecule has 0 unspecified atom stereocenters. The van der Waals surface area contributed by atoms with Crippen molar-refractivity contribution < 1.29 is 35.5 Å². The lowest BCUT2D eigenvalue weighted by Crippen LogP contribution is -2.28. The van der Waals surface area contributed by atoms with Crippen LogP contribution in [0.5, 0.6) is 0 Å². The first-order valence-corrected chi connectivity index (χ1v) is 13.1. The maximum absolute atomic E-state index is 13.2. The van der Waals surface area contributed by atoms with Gasteiger partial charge in [-0.2, -0.15) is 13.2 Å². The van der Waals surface area contributed by atoms with E-state index < -0.39 is 45.0 Å². The number of benzene rings is 1. The number of alkyl halides is 3. The average molecular weight is 550 g/mol. The van der Waals surface area contributed by atoms with Crippen LogP contribution in [0.1, 0.15) is 19.6 Å². The van der Waals surface area contributed by atoms with E-state index in [-0.39, 0.29) is 23.0 Å². The minimum absolute atomic E-state index is 0.0264. The van der Waals surface area contributed by atoms with Gasteiger partial charge in [-0.25, -0.2) is 8.42 Å². The van der Waals surface area contributed by atoms with Crippen LogP contribution in [-0.4, -0.2) is 70.2 Å². The van der Waals surface area contributed by atoms with Crippen LogP contribution in [0.25, 0.3) is 11.3 Å². The summed E-state index contributed by atoms with van der Waals surface area (Å²) in [6.07, 6.45) is -3.92. The molecular formula is C23H27ClF3N3O5S. The molecule has 1 aromatic carbocycles. The number of nitrogens with zero attached hydrogens (tertiary/aromatic N) is 2. The minimum Gasteiger partial charge on any atom is -0.463 e. The lowest BCUT2D eigenvalue weighted by atomic mass is 10.2. The number of aliphatic imine (C=N–C) groups is 1. The fraction of sp³-hybridized carbons (Fsp3) is 0.391. The number of carbonyl (C=O) groups excluding carboxylic acids is 1. The van der Waals surface area contributed by atoms with Crippen molar-refractivity contribution in [2.75, 3.05) is 39.0 Å². The fourth-order valence-corrected chi connectivity index (χ4v) is 3.95. The number of rotatable bonds is 11. The van der Waals surface area contributed by atoms with Crippen molar-refractivity contribution >= 4 is 33.1 Å². The number of ether oxygens (including phenoxy) is 1. The molecule has 2 N–H and O–H groups in total. The predicted molar refractivity (Wildman–Crippen MR) is 131 cm³/mol. The van der Waals surface area contributed by atoms with Gasteiger partial charge < -0.3 is 19.8 Å². The normalized spacial score (nSPS) is 13.6. The zero-order chi connectivity index (χ0) is 27.1. The van der Waals surface area contributed by atoms with E-state index in [1.54, 1.807) is 6.07 Å². The van der Waals surface area contributed by atoms with Gasteiger partial charge in [0.1, 0.15) is 30.3 Å². The van der Waals surface area contributed by atoms with Crippen LogP contribution < -0.4 is 5.73 Å². The smallest absolute Gasteiger partial charge is 0.432 e. The van der Waals surface area contributed by atoms with E-state index in [0.717, 1.165) is 19.3 Å². The molecule has 0 radical (unpaired) electrons. The predicted octanol–water partition coefficient (Wildman–Crippen LogP) is 4.00. The number of likely N-dealkylation sites (N-methyl/N-ethyl adjacent to an activating group) is 1. The monoisotopic (exact) mass is 549 g/mol. The SMILES string of the molecule is CCN(CC)CCOC(=O)CN=C(/C(Cl)=C(\N)C(F)(F)F)c1ccc(-c2cccc(S(C)(=O)=O)c2)o1. The quantitative estimate of drug-likeness (QED) is 0.333. The van der Waals surface area contributed by atoms with Crippen molar-refractivity contribution in [3.8, 4) is 11.3 Å². The van der Waals surface area contributed by atoms with Crippen LogP contribution >= 0.6 is 11.6 Å². The highest BCUT2D eigenvalue weighted by molar-refractivity contribution is 7.90. The maximum atomic E-state index is 13.2. The standard InChI is InChI=1S/C23H27ClF3N3O5S/c1-4-30(5-2)11-12-34-19(31)14-29-21(20(24)22(28)23(25,26)27)18-10-9-17(35-18)15-7-6-8-16(13-15)36(3,32)33/h6-10,13H,4-5,11-12,14,28H2,1-3H3/b22-20+,29-21?. The molecule has 0 amide bonds. The number of carbonyl (C=O) groups is 1. The third-order valence-electron chi connectivity index (χ3n) is 5.07. The number of furan rings is 1. The van der Waals surface area contributed by atoms with Gasteiger partial charge in [0, 0.05) is 18.4 Å². The molecule has 0 spiro atoms. The molecule has 0 bridgehead atoms. The maximum Gasteiger partial charge on any atom is 0.432 e. The summed E-state index contributed by atoms with van der Waals surface area (Å²) in [6.45, 7) is 5.39. The van der Waals surface area contributed by atoms with E-state index in [4.69, 9.17) is 26.5 Å². The molecule has 0 saturated heterocycles. The van der Waals surface area contributed by atoms with Crippen LogP contribution in [0.3, 0.4) is 0 Å². The van der Waals surface area contributed by atoms with Gasteiger partial charge in [-0.15, -0.1) is 0 Å². The topological polar surface area (TPSA) is 115 Å². The molecule has 0 saturated carbocycles. The Morgan fingerprint density at radius 2 is 1.86 bits per heavy atom. The third-order valence-corrected chi connectivity index (χ3v) is 6.56. The lowest BCUT2D eigenvalue weighted by molar-refractivity contribution is -0.142. The van der Waals surface area contributed by atoms with E-state index in [1.807, 2.05) is 18.7 Å². The van der Waals surface area contributed by atoms with E-state index in [2.05, 4.69) is 4.99 Å². The average Bonchev–Trinajstić information content (AvgIpc) is 3.30. The summed E-state index contributed by atoms with van der Waals surface area (Å²) in [6, 6.07) is 8.49. The van der Waals surface area contributed by atoms with Gasteiger partial charge in [0.15, 0.2) is 15.6 Å². The van der Waals surface area contributed by atoms with Crippen molar-refractivity contribution in [1.29, 1.82) is 0 Å². The number of sulfone groups is 1. The zero-order valence-corrected chi connectivity index (χ0v) is 21.5. The summed E-state index contributed by atoms with van der Waals surface area (Å²) in [5.41, 5.74) is 3.41. The van der Waals surface area contributed by atoms with Crippen LogP contribution in [0.4, 0.5) is 13.2 Å². The lowest BCUT2D eigenvalue weighted by Gasteiger charge is -2.17. The first-order chi connectivity index (χ1) is 16.8. The van der Waals surface area contributed by atoms with Crippen molar-refractivity contribution in [3.63, 3.8) is 0 Å². The van der Waals surface area contributed by atoms with Gasteiger partial charge in [0.05, 0.1) is 9.93 Å². The fourth-order valence-electron chi connectivity index (χ4n) is 3.03. The van der Waals surface area contributed by atoms with Gasteiger partial charge in [0.2, 0.25) is 0 Å². The molecule has 1 aromatic heterocycles. The molecule has 2 aromatic rings. The van der Waals surface area contributed by atoms with E-state index >= 15 is 0 Å². The molecule has 198 valence electrons. The Balaban J connectivity index is 2.37. The second-order valence-corrected chi connectivity index (χ2v) is 10.00. The molecule has 36 heavy (non-hydrogen) atoms. The Morgan fingerprint density at radius 1 is 1.19 bits per heavy atom. The Labute approximate surface area is 212 Å². The second kappa shape index (κ2) is 12.4. The molecule has 13 heteroatoms. The van der Waals surface area contributed by atoms with E-state index in [9.17, 15) is 26.4 Å². The summed E-state index contributed by atoms with van der Waals surface area (Å²) in [7, 11) is -3.51. The van der Waals surface area contributed by atoms with Crippen molar-refractivity contribution in [2.45, 2.75) is 24.9 Å². The number of nitrogens with two attached hydrogens (primary N) is 1. The Kier molecular flexibility index (Phi) is 10.1. The molecule has 1 heterocycles. The summed E-state index contributed by atoms with van der Waals surface area (Å²) >= 11 is 5.93. The third kappa shape index (κ3) is 8.10. The molecule has 0 fully saturated rings. The molecule has 0 aliphatic carbocycles. The summed E-state index contributed by atoms with van der Waals surface area (Å²) < 4.78 is 74.0. The van der Waals surface area contributed by atoms with E-state index in [0.29, 0.717) is 12.1 Å². The Morgan fingerprint density at radius 3 is 2.44 bits per heavy atom. The highest BCUT2D eigenvalue weighted by Gasteiger charge is 2.36. The summed E-state index contributed by atoms with van der Waals surface area (Å²) in [5.74, 6) is -0.842. The van der Waals surface area contributed by atoms with Crippen molar-refractivity contribution in [2.24, 2.45) is 10.7 Å². The first-order valence-electron chi connectivity index (χ1n) is 10.8. The minimum atomic E-state index is -4.96. The number of halogens is 4. The summed E-state index contributed by atoms with van der Waals surface area (Å²) in [4.78, 5) is 18.1. The van der Waals surface area contributed by atoms with Crippen LogP contribution in [0.15, 0.2) is 61.4 Å². The zero-order valence-electron chi connectivity index (χ0n) is 19.9. The number of esters is 1.